The average Bonchev–Trinajstić information content (AvgIpc) is 2.86. The summed E-state index contributed by atoms with van der Waals surface area (Å²) in [6.07, 6.45) is 10.6. The number of rotatable bonds is 7. The Labute approximate surface area is 112 Å². The van der Waals surface area contributed by atoms with Crippen LogP contribution in [0.2, 0.25) is 0 Å². The summed E-state index contributed by atoms with van der Waals surface area (Å²) in [5, 5.41) is 3.49. The minimum Gasteiger partial charge on any atom is -0.313 e. The molecule has 100 valence electrons. The van der Waals surface area contributed by atoms with E-state index in [9.17, 15) is 0 Å². The molecule has 0 aliphatic heterocycles. The summed E-state index contributed by atoms with van der Waals surface area (Å²) in [5.41, 5.74) is 4.68. The van der Waals surface area contributed by atoms with E-state index in [2.05, 4.69) is 37.5 Å². The smallest absolute Gasteiger partial charge is 0.0317 e. The monoisotopic (exact) mass is 245 g/mol. The van der Waals surface area contributed by atoms with Crippen molar-refractivity contribution in [3.05, 3.63) is 34.9 Å². The van der Waals surface area contributed by atoms with Gasteiger partial charge in [-0.1, -0.05) is 50.8 Å². The van der Waals surface area contributed by atoms with E-state index >= 15 is 0 Å². The first-order valence-corrected chi connectivity index (χ1v) is 7.64. The van der Waals surface area contributed by atoms with Crippen molar-refractivity contribution in [3.63, 3.8) is 0 Å². The molecule has 0 fully saturated rings. The lowest BCUT2D eigenvalue weighted by Crippen LogP contribution is -2.16. The highest BCUT2D eigenvalue weighted by atomic mass is 14.9. The first-order valence-electron chi connectivity index (χ1n) is 7.64. The van der Waals surface area contributed by atoms with Gasteiger partial charge in [0.2, 0.25) is 0 Å². The van der Waals surface area contributed by atoms with E-state index < -0.39 is 0 Å². The van der Waals surface area contributed by atoms with Crippen molar-refractivity contribution >= 4 is 0 Å². The third-order valence-electron chi connectivity index (χ3n) is 4.22. The summed E-state index contributed by atoms with van der Waals surface area (Å²) >= 11 is 0. The second kappa shape index (κ2) is 6.94. The van der Waals surface area contributed by atoms with Crippen LogP contribution in [0, 0.1) is 0 Å². The Bertz CT molecular complexity index is 370. The molecule has 0 spiro atoms. The van der Waals surface area contributed by atoms with Gasteiger partial charge in [0.05, 0.1) is 0 Å². The van der Waals surface area contributed by atoms with Gasteiger partial charge in [0.15, 0.2) is 0 Å². The topological polar surface area (TPSA) is 12.0 Å². The lowest BCUT2D eigenvalue weighted by atomic mass is 9.97. The Morgan fingerprint density at radius 1 is 1.11 bits per heavy atom. The summed E-state index contributed by atoms with van der Waals surface area (Å²) in [7, 11) is 2.09. The van der Waals surface area contributed by atoms with E-state index in [4.69, 9.17) is 0 Å². The number of hydrogen-bond acceptors (Lipinski definition) is 1. The molecular formula is C17H27N. The van der Waals surface area contributed by atoms with Crippen LogP contribution in [-0.4, -0.2) is 7.05 Å². The molecule has 1 unspecified atom stereocenters. The van der Waals surface area contributed by atoms with Crippen LogP contribution in [0.3, 0.4) is 0 Å². The van der Waals surface area contributed by atoms with Gasteiger partial charge in [-0.2, -0.15) is 0 Å². The van der Waals surface area contributed by atoms with E-state index in [0.717, 1.165) is 0 Å². The van der Waals surface area contributed by atoms with Gasteiger partial charge in [0.1, 0.15) is 0 Å². The van der Waals surface area contributed by atoms with Gasteiger partial charge < -0.3 is 5.32 Å². The van der Waals surface area contributed by atoms with Crippen LogP contribution < -0.4 is 5.32 Å². The fourth-order valence-electron chi connectivity index (χ4n) is 3.06. The van der Waals surface area contributed by atoms with Crippen LogP contribution in [0.1, 0.15) is 68.2 Å². The van der Waals surface area contributed by atoms with Crippen molar-refractivity contribution in [1.82, 2.24) is 5.32 Å². The normalized spacial score (nSPS) is 15.7. The summed E-state index contributed by atoms with van der Waals surface area (Å²) < 4.78 is 0. The zero-order chi connectivity index (χ0) is 12.8. The fourth-order valence-corrected chi connectivity index (χ4v) is 3.06. The molecule has 2 rings (SSSR count). The molecule has 0 amide bonds. The molecule has 0 bridgehead atoms. The summed E-state index contributed by atoms with van der Waals surface area (Å²) in [6, 6.07) is 7.69. The van der Waals surface area contributed by atoms with Crippen LogP contribution in [-0.2, 0) is 12.8 Å². The Hall–Kier alpha value is -0.820. The maximum Gasteiger partial charge on any atom is 0.0317 e. The largest absolute Gasteiger partial charge is 0.313 e. The predicted octanol–water partition coefficient (Wildman–Crippen LogP) is 4.41. The standard InChI is InChI=1S/C17H27N/c1-3-4-5-6-10-17(18-2)16-12-11-14-8-7-9-15(14)13-16/h11-13,17-18H,3-10H2,1-2H3. The molecule has 18 heavy (non-hydrogen) atoms. The quantitative estimate of drug-likeness (QED) is 0.702. The minimum absolute atomic E-state index is 0.549. The van der Waals surface area contributed by atoms with Gasteiger partial charge in [-0.25, -0.2) is 0 Å². The first-order chi connectivity index (χ1) is 8.85. The molecule has 1 aromatic carbocycles. The van der Waals surface area contributed by atoms with Crippen molar-refractivity contribution in [2.45, 2.75) is 64.3 Å². The highest BCUT2D eigenvalue weighted by Gasteiger charge is 2.14. The minimum atomic E-state index is 0.549. The van der Waals surface area contributed by atoms with Crippen LogP contribution in [0.5, 0.6) is 0 Å². The van der Waals surface area contributed by atoms with Gasteiger partial charge in [-0.05, 0) is 49.4 Å². The maximum atomic E-state index is 3.49. The van der Waals surface area contributed by atoms with Gasteiger partial charge in [0, 0.05) is 6.04 Å². The predicted molar refractivity (Wildman–Crippen MR) is 79.0 cm³/mol. The van der Waals surface area contributed by atoms with Gasteiger partial charge in [0.25, 0.3) is 0 Å². The number of hydrogen-bond donors (Lipinski definition) is 1. The lowest BCUT2D eigenvalue weighted by Gasteiger charge is -2.17. The Morgan fingerprint density at radius 3 is 2.72 bits per heavy atom. The number of nitrogens with one attached hydrogen (secondary N) is 1. The fraction of sp³-hybridized carbons (Fsp3) is 0.647. The van der Waals surface area contributed by atoms with Gasteiger partial charge >= 0.3 is 0 Å². The first kappa shape index (κ1) is 13.6. The SMILES string of the molecule is CCCCCCC(NC)c1ccc2c(c1)CCC2. The molecule has 1 aliphatic carbocycles. The third kappa shape index (κ3) is 3.35. The van der Waals surface area contributed by atoms with E-state index in [1.807, 2.05) is 0 Å². The molecule has 0 saturated heterocycles. The van der Waals surface area contributed by atoms with Crippen molar-refractivity contribution in [2.75, 3.05) is 7.05 Å². The van der Waals surface area contributed by atoms with Gasteiger partial charge in [-0.15, -0.1) is 0 Å². The van der Waals surface area contributed by atoms with E-state index in [1.54, 1.807) is 11.1 Å². The zero-order valence-electron chi connectivity index (χ0n) is 12.0. The summed E-state index contributed by atoms with van der Waals surface area (Å²) in [6.45, 7) is 2.27. The number of unbranched alkanes of at least 4 members (excludes halogenated alkanes) is 3. The third-order valence-corrected chi connectivity index (χ3v) is 4.22. The molecule has 1 aliphatic rings. The number of aryl methyl sites for hydroxylation is 2. The van der Waals surface area contributed by atoms with E-state index in [-0.39, 0.29) is 0 Å². The average molecular weight is 245 g/mol. The molecule has 1 N–H and O–H groups in total. The zero-order valence-corrected chi connectivity index (χ0v) is 12.0. The lowest BCUT2D eigenvalue weighted by molar-refractivity contribution is 0.505. The van der Waals surface area contributed by atoms with Crippen LogP contribution in [0.15, 0.2) is 18.2 Å². The molecule has 0 saturated carbocycles. The van der Waals surface area contributed by atoms with Crippen LogP contribution in [0.25, 0.3) is 0 Å². The van der Waals surface area contributed by atoms with Crippen molar-refractivity contribution < 1.29 is 0 Å². The molecular weight excluding hydrogens is 218 g/mol. The summed E-state index contributed by atoms with van der Waals surface area (Å²) in [5.74, 6) is 0. The molecule has 1 heteroatoms. The molecule has 1 atom stereocenters. The molecule has 1 nitrogen and oxygen atoms in total. The maximum absolute atomic E-state index is 3.49. The second-order valence-electron chi connectivity index (χ2n) is 5.57. The van der Waals surface area contributed by atoms with E-state index in [1.165, 1.54) is 56.9 Å². The Morgan fingerprint density at radius 2 is 1.94 bits per heavy atom. The highest BCUT2D eigenvalue weighted by molar-refractivity contribution is 5.36. The molecule has 0 radical (unpaired) electrons. The van der Waals surface area contributed by atoms with Gasteiger partial charge in [-0.3, -0.25) is 0 Å². The van der Waals surface area contributed by atoms with Crippen LogP contribution >= 0.6 is 0 Å². The number of fused-ring (bicyclic) bond motifs is 1. The Balaban J connectivity index is 1.94. The van der Waals surface area contributed by atoms with Crippen molar-refractivity contribution in [2.24, 2.45) is 0 Å². The van der Waals surface area contributed by atoms with E-state index in [0.29, 0.717) is 6.04 Å². The highest BCUT2D eigenvalue weighted by Crippen LogP contribution is 2.27. The summed E-state index contributed by atoms with van der Waals surface area (Å²) in [4.78, 5) is 0. The van der Waals surface area contributed by atoms with Crippen molar-refractivity contribution in [1.29, 1.82) is 0 Å². The van der Waals surface area contributed by atoms with Crippen LogP contribution in [0.4, 0.5) is 0 Å². The van der Waals surface area contributed by atoms with Crippen molar-refractivity contribution in [3.8, 4) is 0 Å². The molecule has 1 aromatic rings. The molecule has 0 heterocycles. The molecule has 0 aromatic heterocycles. The second-order valence-corrected chi connectivity index (χ2v) is 5.57. The number of benzene rings is 1. The Kier molecular flexibility index (Phi) is 5.25.